The Kier molecular flexibility index (Phi) is 4.63. The van der Waals surface area contributed by atoms with E-state index in [0.717, 1.165) is 11.1 Å². The molecule has 0 bridgehead atoms. The maximum atomic E-state index is 9.95. The average molecular weight is 319 g/mol. The SMILES string of the molecule is O[C@@H]1[C@@H](Oc2ccc(-c3ccncc3)cc2)[C@H](O)SC[C@H]1O. The van der Waals surface area contributed by atoms with Crippen molar-refractivity contribution in [2.24, 2.45) is 0 Å². The van der Waals surface area contributed by atoms with Gasteiger partial charge in [-0.3, -0.25) is 4.98 Å². The summed E-state index contributed by atoms with van der Waals surface area (Å²) >= 11 is 1.17. The van der Waals surface area contributed by atoms with Crippen LogP contribution in [0.25, 0.3) is 11.1 Å². The van der Waals surface area contributed by atoms with Crippen LogP contribution in [0.3, 0.4) is 0 Å². The second kappa shape index (κ2) is 6.66. The molecule has 5 nitrogen and oxygen atoms in total. The second-order valence-corrected chi connectivity index (χ2v) is 6.27. The molecule has 2 heterocycles. The van der Waals surface area contributed by atoms with Gasteiger partial charge in [0, 0.05) is 18.1 Å². The summed E-state index contributed by atoms with van der Waals surface area (Å²) in [4.78, 5) is 3.98. The topological polar surface area (TPSA) is 82.8 Å². The molecular weight excluding hydrogens is 302 g/mol. The minimum Gasteiger partial charge on any atom is -0.484 e. The van der Waals surface area contributed by atoms with E-state index in [-0.39, 0.29) is 0 Å². The maximum Gasteiger partial charge on any atom is 0.162 e. The Morgan fingerprint density at radius 2 is 1.59 bits per heavy atom. The molecule has 0 spiro atoms. The Morgan fingerprint density at radius 3 is 2.27 bits per heavy atom. The molecule has 2 aromatic rings. The zero-order valence-electron chi connectivity index (χ0n) is 11.7. The number of hydrogen-bond acceptors (Lipinski definition) is 6. The molecule has 1 aromatic carbocycles. The summed E-state index contributed by atoms with van der Waals surface area (Å²) in [6.45, 7) is 0. The fourth-order valence-electron chi connectivity index (χ4n) is 2.33. The molecule has 0 saturated carbocycles. The van der Waals surface area contributed by atoms with Crippen molar-refractivity contribution in [3.63, 3.8) is 0 Å². The van der Waals surface area contributed by atoms with Crippen LogP contribution in [0.15, 0.2) is 48.8 Å². The molecule has 1 fully saturated rings. The Morgan fingerprint density at radius 1 is 0.955 bits per heavy atom. The molecule has 3 N–H and O–H groups in total. The van der Waals surface area contributed by atoms with Gasteiger partial charge in [-0.25, -0.2) is 0 Å². The highest BCUT2D eigenvalue weighted by molar-refractivity contribution is 7.99. The zero-order valence-corrected chi connectivity index (χ0v) is 12.6. The quantitative estimate of drug-likeness (QED) is 0.791. The van der Waals surface area contributed by atoms with E-state index in [1.165, 1.54) is 11.8 Å². The second-order valence-electron chi connectivity index (χ2n) is 5.12. The third-order valence-corrected chi connectivity index (χ3v) is 4.73. The Bertz CT molecular complexity index is 607. The fraction of sp³-hybridized carbons (Fsp3) is 0.312. The maximum absolute atomic E-state index is 9.95. The van der Waals surface area contributed by atoms with Gasteiger partial charge in [-0.2, -0.15) is 0 Å². The number of hydrogen-bond donors (Lipinski definition) is 3. The van der Waals surface area contributed by atoms with Crippen LogP contribution in [0.1, 0.15) is 0 Å². The van der Waals surface area contributed by atoms with E-state index < -0.39 is 23.7 Å². The van der Waals surface area contributed by atoms with E-state index in [2.05, 4.69) is 4.98 Å². The van der Waals surface area contributed by atoms with Gasteiger partial charge in [0.2, 0.25) is 0 Å². The van der Waals surface area contributed by atoms with Gasteiger partial charge < -0.3 is 20.1 Å². The Balaban J connectivity index is 1.73. The highest BCUT2D eigenvalue weighted by atomic mass is 32.2. The smallest absolute Gasteiger partial charge is 0.162 e. The van der Waals surface area contributed by atoms with Gasteiger partial charge in [0.25, 0.3) is 0 Å². The number of aromatic nitrogens is 1. The van der Waals surface area contributed by atoms with Crippen LogP contribution in [-0.2, 0) is 0 Å². The highest BCUT2D eigenvalue weighted by Crippen LogP contribution is 2.29. The highest BCUT2D eigenvalue weighted by Gasteiger charge is 2.39. The number of ether oxygens (including phenoxy) is 1. The third kappa shape index (κ3) is 3.25. The first-order valence-electron chi connectivity index (χ1n) is 6.98. The summed E-state index contributed by atoms with van der Waals surface area (Å²) in [6.07, 6.45) is 0.617. The number of benzene rings is 1. The molecule has 1 saturated heterocycles. The summed E-state index contributed by atoms with van der Waals surface area (Å²) < 4.78 is 5.65. The molecule has 1 aliphatic rings. The molecule has 1 aromatic heterocycles. The van der Waals surface area contributed by atoms with E-state index in [9.17, 15) is 15.3 Å². The van der Waals surface area contributed by atoms with E-state index in [4.69, 9.17) is 4.74 Å². The molecule has 0 radical (unpaired) electrons. The first kappa shape index (κ1) is 15.3. The van der Waals surface area contributed by atoms with Crippen LogP contribution < -0.4 is 4.74 Å². The van der Waals surface area contributed by atoms with Gasteiger partial charge in [-0.15, -0.1) is 11.8 Å². The summed E-state index contributed by atoms with van der Waals surface area (Å²) in [5, 5.41) is 29.5. The molecule has 116 valence electrons. The van der Waals surface area contributed by atoms with Crippen molar-refractivity contribution < 1.29 is 20.1 Å². The van der Waals surface area contributed by atoms with Gasteiger partial charge in [-0.1, -0.05) is 12.1 Å². The van der Waals surface area contributed by atoms with Crippen LogP contribution in [0.4, 0.5) is 0 Å². The van der Waals surface area contributed by atoms with Crippen molar-refractivity contribution in [1.82, 2.24) is 4.98 Å². The Hall–Kier alpha value is -1.60. The first-order valence-corrected chi connectivity index (χ1v) is 8.03. The van der Waals surface area contributed by atoms with Crippen LogP contribution in [0.5, 0.6) is 5.75 Å². The molecule has 3 rings (SSSR count). The van der Waals surface area contributed by atoms with Crippen LogP contribution >= 0.6 is 11.8 Å². The number of thioether (sulfide) groups is 1. The number of rotatable bonds is 3. The van der Waals surface area contributed by atoms with Crippen LogP contribution in [0, 0.1) is 0 Å². The van der Waals surface area contributed by atoms with Crippen molar-refractivity contribution in [2.45, 2.75) is 23.7 Å². The van der Waals surface area contributed by atoms with E-state index >= 15 is 0 Å². The van der Waals surface area contributed by atoms with E-state index in [1.54, 1.807) is 24.5 Å². The number of aliphatic hydroxyl groups excluding tert-OH is 3. The third-order valence-electron chi connectivity index (χ3n) is 3.59. The van der Waals surface area contributed by atoms with Gasteiger partial charge in [-0.05, 0) is 35.4 Å². The summed E-state index contributed by atoms with van der Waals surface area (Å²) in [7, 11) is 0. The van der Waals surface area contributed by atoms with Gasteiger partial charge in [0.05, 0.1) is 6.10 Å². The van der Waals surface area contributed by atoms with Crippen molar-refractivity contribution in [3.8, 4) is 16.9 Å². The predicted octanol–water partition coefficient (Wildman–Crippen LogP) is 1.28. The Labute approximate surface area is 132 Å². The van der Waals surface area contributed by atoms with E-state index in [0.29, 0.717) is 11.5 Å². The minimum absolute atomic E-state index is 0.295. The average Bonchev–Trinajstić information content (AvgIpc) is 2.57. The normalized spacial score (nSPS) is 28.3. The van der Waals surface area contributed by atoms with Crippen molar-refractivity contribution in [2.75, 3.05) is 5.75 Å². The molecule has 4 atom stereocenters. The van der Waals surface area contributed by atoms with Gasteiger partial charge >= 0.3 is 0 Å². The molecule has 0 amide bonds. The molecule has 6 heteroatoms. The van der Waals surface area contributed by atoms with Crippen molar-refractivity contribution in [1.29, 1.82) is 0 Å². The molecule has 0 unspecified atom stereocenters. The lowest BCUT2D eigenvalue weighted by Crippen LogP contribution is -2.51. The van der Waals surface area contributed by atoms with Gasteiger partial charge in [0.15, 0.2) is 6.10 Å². The molecular formula is C16H17NO4S. The van der Waals surface area contributed by atoms with E-state index in [1.807, 2.05) is 24.3 Å². The predicted molar refractivity (Wildman–Crippen MR) is 84.6 cm³/mol. The minimum atomic E-state index is -1.10. The lowest BCUT2D eigenvalue weighted by molar-refractivity contribution is -0.0721. The van der Waals surface area contributed by atoms with Crippen molar-refractivity contribution in [3.05, 3.63) is 48.8 Å². The van der Waals surface area contributed by atoms with Crippen LogP contribution in [0.2, 0.25) is 0 Å². The lowest BCUT2D eigenvalue weighted by Gasteiger charge is -2.35. The monoisotopic (exact) mass is 319 g/mol. The lowest BCUT2D eigenvalue weighted by atomic mass is 10.1. The summed E-state index contributed by atoms with van der Waals surface area (Å²) in [5.41, 5.74) is 1.21. The summed E-state index contributed by atoms with van der Waals surface area (Å²) in [6, 6.07) is 11.2. The zero-order chi connectivity index (χ0) is 15.5. The molecule has 0 aliphatic carbocycles. The fourth-order valence-corrected chi connectivity index (χ4v) is 3.33. The van der Waals surface area contributed by atoms with Gasteiger partial charge in [0.1, 0.15) is 17.3 Å². The van der Waals surface area contributed by atoms with Crippen molar-refractivity contribution >= 4 is 11.8 Å². The molecule has 22 heavy (non-hydrogen) atoms. The van der Waals surface area contributed by atoms with Crippen LogP contribution in [-0.4, -0.2) is 49.8 Å². The number of nitrogens with zero attached hydrogens (tertiary/aromatic N) is 1. The number of pyridine rings is 1. The standard InChI is InChI=1S/C16H17NO4S/c18-13-9-22-16(20)15(14(13)19)21-12-3-1-10(2-4-12)11-5-7-17-8-6-11/h1-8,13-16,18-20H,9H2/t13-,14+,15-,16-/m1/s1. The number of aliphatic hydroxyl groups is 3. The first-order chi connectivity index (χ1) is 10.6. The summed E-state index contributed by atoms with van der Waals surface area (Å²) in [5.74, 6) is 0.832. The molecule has 1 aliphatic heterocycles. The largest absolute Gasteiger partial charge is 0.484 e.